The Kier molecular flexibility index (Phi) is 6.22. The molecule has 0 radical (unpaired) electrons. The molecule has 0 fully saturated rings. The first-order valence-corrected chi connectivity index (χ1v) is 6.54. The number of ether oxygens (including phenoxy) is 2. The van der Waals surface area contributed by atoms with Crippen molar-refractivity contribution in [2.75, 3.05) is 26.1 Å². The molecule has 0 heterocycles. The fourth-order valence-electron chi connectivity index (χ4n) is 1.68. The molecule has 1 aromatic carbocycles. The SMILES string of the molecule is COc1ccc(C#CCO)cc1NC(=O)CC(C)(C)OC. The summed E-state index contributed by atoms with van der Waals surface area (Å²) in [6.07, 6.45) is 0.221. The number of amides is 1. The van der Waals surface area contributed by atoms with Gasteiger partial charge in [-0.1, -0.05) is 11.8 Å². The fraction of sp³-hybridized carbons (Fsp3) is 0.438. The van der Waals surface area contributed by atoms with E-state index < -0.39 is 5.60 Å². The summed E-state index contributed by atoms with van der Waals surface area (Å²) < 4.78 is 10.5. The Hall–Kier alpha value is -2.03. The molecule has 21 heavy (non-hydrogen) atoms. The van der Waals surface area contributed by atoms with Gasteiger partial charge in [-0.05, 0) is 32.0 Å². The molecule has 0 unspecified atom stereocenters. The molecule has 0 saturated carbocycles. The number of carbonyl (C=O) groups excluding carboxylic acids is 1. The number of benzene rings is 1. The number of hydrogen-bond acceptors (Lipinski definition) is 4. The van der Waals surface area contributed by atoms with Crippen LogP contribution in [-0.2, 0) is 9.53 Å². The van der Waals surface area contributed by atoms with Crippen LogP contribution in [0.25, 0.3) is 0 Å². The van der Waals surface area contributed by atoms with Crippen molar-refractivity contribution in [1.29, 1.82) is 0 Å². The summed E-state index contributed by atoms with van der Waals surface area (Å²) in [6, 6.07) is 5.19. The summed E-state index contributed by atoms with van der Waals surface area (Å²) in [6.45, 7) is 3.47. The van der Waals surface area contributed by atoms with Gasteiger partial charge in [0, 0.05) is 12.7 Å². The van der Waals surface area contributed by atoms with Gasteiger partial charge in [-0.3, -0.25) is 4.79 Å². The molecule has 114 valence electrons. The van der Waals surface area contributed by atoms with Gasteiger partial charge in [0.1, 0.15) is 12.4 Å². The van der Waals surface area contributed by atoms with Crippen molar-refractivity contribution in [2.45, 2.75) is 25.9 Å². The highest BCUT2D eigenvalue weighted by atomic mass is 16.5. The molecule has 0 aliphatic carbocycles. The zero-order valence-electron chi connectivity index (χ0n) is 12.8. The smallest absolute Gasteiger partial charge is 0.227 e. The molecule has 0 aliphatic heterocycles. The molecule has 0 atom stereocenters. The van der Waals surface area contributed by atoms with E-state index in [0.717, 1.165) is 0 Å². The Morgan fingerprint density at radius 3 is 2.67 bits per heavy atom. The van der Waals surface area contributed by atoms with Gasteiger partial charge in [0.2, 0.25) is 5.91 Å². The molecule has 0 spiro atoms. The largest absolute Gasteiger partial charge is 0.495 e. The third-order valence-corrected chi connectivity index (χ3v) is 2.92. The first kappa shape index (κ1) is 17.0. The number of anilines is 1. The zero-order chi connectivity index (χ0) is 15.9. The third-order valence-electron chi connectivity index (χ3n) is 2.92. The van der Waals surface area contributed by atoms with E-state index >= 15 is 0 Å². The predicted octanol–water partition coefficient (Wildman–Crippen LogP) is 1.79. The van der Waals surface area contributed by atoms with Crippen LogP contribution in [-0.4, -0.2) is 37.4 Å². The molecule has 1 aromatic rings. The summed E-state index contributed by atoms with van der Waals surface area (Å²) >= 11 is 0. The molecule has 0 aliphatic rings. The van der Waals surface area contributed by atoms with Crippen molar-refractivity contribution in [3.05, 3.63) is 23.8 Å². The van der Waals surface area contributed by atoms with E-state index in [-0.39, 0.29) is 18.9 Å². The number of rotatable bonds is 5. The van der Waals surface area contributed by atoms with E-state index in [9.17, 15) is 4.79 Å². The maximum absolute atomic E-state index is 12.1. The van der Waals surface area contributed by atoms with Gasteiger partial charge in [-0.25, -0.2) is 0 Å². The van der Waals surface area contributed by atoms with Crippen LogP contribution in [0.2, 0.25) is 0 Å². The maximum Gasteiger partial charge on any atom is 0.227 e. The molecular weight excluding hydrogens is 270 g/mol. The quantitative estimate of drug-likeness (QED) is 0.812. The summed E-state index contributed by atoms with van der Waals surface area (Å²) in [5.74, 6) is 5.72. The lowest BCUT2D eigenvalue weighted by molar-refractivity contribution is -0.121. The summed E-state index contributed by atoms with van der Waals surface area (Å²) in [4.78, 5) is 12.1. The van der Waals surface area contributed by atoms with Crippen LogP contribution >= 0.6 is 0 Å². The molecular formula is C16H21NO4. The molecule has 1 amide bonds. The van der Waals surface area contributed by atoms with Gasteiger partial charge in [0.25, 0.3) is 0 Å². The lowest BCUT2D eigenvalue weighted by Crippen LogP contribution is -2.29. The van der Waals surface area contributed by atoms with Gasteiger partial charge < -0.3 is 19.9 Å². The number of nitrogens with one attached hydrogen (secondary N) is 1. The maximum atomic E-state index is 12.1. The Labute approximate surface area is 125 Å². The lowest BCUT2D eigenvalue weighted by Gasteiger charge is -2.22. The van der Waals surface area contributed by atoms with Crippen molar-refractivity contribution in [3.8, 4) is 17.6 Å². The number of methoxy groups -OCH3 is 2. The number of aliphatic hydroxyl groups excluding tert-OH is 1. The van der Waals surface area contributed by atoms with Gasteiger partial charge >= 0.3 is 0 Å². The highest BCUT2D eigenvalue weighted by Crippen LogP contribution is 2.26. The zero-order valence-corrected chi connectivity index (χ0v) is 12.8. The van der Waals surface area contributed by atoms with Crippen molar-refractivity contribution in [3.63, 3.8) is 0 Å². The molecule has 0 aromatic heterocycles. The predicted molar refractivity (Wildman–Crippen MR) is 81.3 cm³/mol. The van der Waals surface area contributed by atoms with Gasteiger partial charge in [-0.2, -0.15) is 0 Å². The standard InChI is InChI=1S/C16H21NO4/c1-16(2,21-4)11-15(19)17-13-10-12(6-5-9-18)7-8-14(13)20-3/h7-8,10,18H,9,11H2,1-4H3,(H,17,19). The minimum Gasteiger partial charge on any atom is -0.495 e. The van der Waals surface area contributed by atoms with Gasteiger partial charge in [0.05, 0.1) is 24.8 Å². The second-order valence-electron chi connectivity index (χ2n) is 5.06. The van der Waals surface area contributed by atoms with Crippen molar-refractivity contribution < 1.29 is 19.4 Å². The normalized spacial score (nSPS) is 10.5. The van der Waals surface area contributed by atoms with Crippen LogP contribution in [0.4, 0.5) is 5.69 Å². The van der Waals surface area contributed by atoms with Crippen LogP contribution in [0.1, 0.15) is 25.8 Å². The molecule has 5 heteroatoms. The number of hydrogen-bond donors (Lipinski definition) is 2. The monoisotopic (exact) mass is 291 g/mol. The van der Waals surface area contributed by atoms with Crippen molar-refractivity contribution in [2.24, 2.45) is 0 Å². The van der Waals surface area contributed by atoms with Crippen LogP contribution in [0, 0.1) is 11.8 Å². The second-order valence-corrected chi connectivity index (χ2v) is 5.06. The number of carbonyl (C=O) groups is 1. The average Bonchev–Trinajstić information content (AvgIpc) is 2.44. The molecule has 2 N–H and O–H groups in total. The van der Waals surface area contributed by atoms with Gasteiger partial charge in [-0.15, -0.1) is 0 Å². The minimum absolute atomic E-state index is 0.174. The Morgan fingerprint density at radius 1 is 1.38 bits per heavy atom. The summed E-state index contributed by atoms with van der Waals surface area (Å²) in [5, 5.41) is 11.5. The molecule has 5 nitrogen and oxygen atoms in total. The summed E-state index contributed by atoms with van der Waals surface area (Å²) in [7, 11) is 3.10. The van der Waals surface area contributed by atoms with Crippen LogP contribution in [0.5, 0.6) is 5.75 Å². The second kappa shape index (κ2) is 7.67. The van der Waals surface area contributed by atoms with Crippen LogP contribution in [0.3, 0.4) is 0 Å². The highest BCUT2D eigenvalue weighted by molar-refractivity contribution is 5.93. The van der Waals surface area contributed by atoms with E-state index in [1.54, 1.807) is 25.3 Å². The van der Waals surface area contributed by atoms with Crippen LogP contribution < -0.4 is 10.1 Å². The molecule has 1 rings (SSSR count). The Morgan fingerprint density at radius 2 is 2.10 bits per heavy atom. The summed E-state index contributed by atoms with van der Waals surface area (Å²) in [5.41, 5.74) is 0.691. The Bertz CT molecular complexity index is 555. The van der Waals surface area contributed by atoms with Gasteiger partial charge in [0.15, 0.2) is 0 Å². The highest BCUT2D eigenvalue weighted by Gasteiger charge is 2.21. The van der Waals surface area contributed by atoms with Crippen LogP contribution in [0.15, 0.2) is 18.2 Å². The van der Waals surface area contributed by atoms with E-state index in [4.69, 9.17) is 14.6 Å². The molecule has 0 bridgehead atoms. The minimum atomic E-state index is -0.536. The fourth-order valence-corrected chi connectivity index (χ4v) is 1.68. The van der Waals surface area contributed by atoms with Crippen molar-refractivity contribution in [1.82, 2.24) is 0 Å². The first-order valence-electron chi connectivity index (χ1n) is 6.54. The average molecular weight is 291 g/mol. The van der Waals surface area contributed by atoms with Crippen molar-refractivity contribution >= 4 is 11.6 Å². The van der Waals surface area contributed by atoms with E-state index in [2.05, 4.69) is 17.2 Å². The van der Waals surface area contributed by atoms with E-state index in [1.165, 1.54) is 7.11 Å². The van der Waals surface area contributed by atoms with E-state index in [1.807, 2.05) is 13.8 Å². The van der Waals surface area contributed by atoms with E-state index in [0.29, 0.717) is 17.0 Å². The molecule has 0 saturated heterocycles. The Balaban J connectivity index is 2.92. The topological polar surface area (TPSA) is 67.8 Å². The third kappa shape index (κ3) is 5.46. The first-order chi connectivity index (χ1) is 9.91. The lowest BCUT2D eigenvalue weighted by atomic mass is 10.0. The number of aliphatic hydroxyl groups is 1.